The van der Waals surface area contributed by atoms with Gasteiger partial charge in [0, 0.05) is 6.20 Å². The van der Waals surface area contributed by atoms with Gasteiger partial charge in [0.1, 0.15) is 16.9 Å². The molecule has 0 radical (unpaired) electrons. The number of nitrogens with one attached hydrogen (secondary N) is 1. The molecule has 0 fully saturated rings. The Morgan fingerprint density at radius 1 is 1.18 bits per heavy atom. The number of benzene rings is 1. The maximum Gasteiger partial charge on any atom is 0.407 e. The molecule has 2 aromatic heterocycles. The van der Waals surface area contributed by atoms with E-state index < -0.39 is 6.09 Å². The summed E-state index contributed by atoms with van der Waals surface area (Å²) < 4.78 is 7.90. The van der Waals surface area contributed by atoms with Crippen molar-refractivity contribution in [2.24, 2.45) is 0 Å². The van der Waals surface area contributed by atoms with E-state index in [1.807, 2.05) is 59.1 Å². The molecule has 0 saturated heterocycles. The highest BCUT2D eigenvalue weighted by Crippen LogP contribution is 2.18. The van der Waals surface area contributed by atoms with E-state index in [2.05, 4.69) is 26.2 Å². The fourth-order valence-electron chi connectivity index (χ4n) is 2.06. The van der Waals surface area contributed by atoms with Gasteiger partial charge in [0.05, 0.1) is 12.2 Å². The summed E-state index contributed by atoms with van der Waals surface area (Å²) in [5.74, 6) is 0. The first kappa shape index (κ1) is 14.6. The number of carbonyl (C=O) groups is 1. The van der Waals surface area contributed by atoms with Gasteiger partial charge in [0.15, 0.2) is 0 Å². The number of hydrogen-bond donors (Lipinski definition) is 1. The summed E-state index contributed by atoms with van der Waals surface area (Å²) in [6.07, 6.45) is 1.44. The highest BCUT2D eigenvalue weighted by Gasteiger charge is 2.10. The molecule has 1 aromatic carbocycles. The molecule has 112 valence electrons. The number of hydrogen-bond acceptors (Lipinski definition) is 3. The number of amides is 1. The van der Waals surface area contributed by atoms with E-state index in [-0.39, 0.29) is 6.61 Å². The molecule has 5 nitrogen and oxygen atoms in total. The minimum atomic E-state index is -0.465. The van der Waals surface area contributed by atoms with Crippen LogP contribution in [-0.4, -0.2) is 15.5 Å². The molecular weight excluding hydrogens is 346 g/mol. The first-order valence-corrected chi connectivity index (χ1v) is 7.59. The monoisotopic (exact) mass is 359 g/mol. The Balaban J connectivity index is 1.57. The van der Waals surface area contributed by atoms with Gasteiger partial charge < -0.3 is 10.1 Å². The van der Waals surface area contributed by atoms with Crippen molar-refractivity contribution < 1.29 is 9.53 Å². The zero-order valence-corrected chi connectivity index (χ0v) is 13.3. The number of nitrogens with zero attached hydrogens (tertiary/aromatic N) is 2. The molecule has 0 saturated carbocycles. The highest BCUT2D eigenvalue weighted by atomic mass is 79.9. The van der Waals surface area contributed by atoms with E-state index in [4.69, 9.17) is 4.74 Å². The number of rotatable bonds is 4. The summed E-state index contributed by atoms with van der Waals surface area (Å²) in [5, 5.41) is 2.70. The lowest BCUT2D eigenvalue weighted by molar-refractivity contribution is 0.139. The molecule has 0 atom stereocenters. The van der Waals surface area contributed by atoms with E-state index >= 15 is 0 Å². The van der Waals surface area contributed by atoms with Crippen molar-refractivity contribution in [2.75, 3.05) is 0 Å². The third-order valence-electron chi connectivity index (χ3n) is 3.15. The second-order valence-electron chi connectivity index (χ2n) is 4.69. The molecule has 0 bridgehead atoms. The topological polar surface area (TPSA) is 55.6 Å². The van der Waals surface area contributed by atoms with E-state index in [9.17, 15) is 4.79 Å². The summed E-state index contributed by atoms with van der Waals surface area (Å²) in [5.41, 5.74) is 2.53. The van der Waals surface area contributed by atoms with Crippen LogP contribution in [0.25, 0.3) is 5.65 Å². The van der Waals surface area contributed by atoms with Crippen molar-refractivity contribution in [1.82, 2.24) is 14.7 Å². The van der Waals surface area contributed by atoms with Crippen LogP contribution in [0.2, 0.25) is 0 Å². The Labute approximate surface area is 136 Å². The Morgan fingerprint density at radius 2 is 1.95 bits per heavy atom. The second kappa shape index (κ2) is 6.62. The Morgan fingerprint density at radius 3 is 2.73 bits per heavy atom. The van der Waals surface area contributed by atoms with Crippen molar-refractivity contribution in [1.29, 1.82) is 0 Å². The maximum absolute atomic E-state index is 11.7. The molecule has 0 aliphatic carbocycles. The molecule has 3 aromatic rings. The van der Waals surface area contributed by atoms with E-state index in [0.29, 0.717) is 6.54 Å². The van der Waals surface area contributed by atoms with E-state index in [1.54, 1.807) is 0 Å². The largest absolute Gasteiger partial charge is 0.445 e. The first-order valence-electron chi connectivity index (χ1n) is 6.80. The van der Waals surface area contributed by atoms with E-state index in [1.165, 1.54) is 0 Å². The van der Waals surface area contributed by atoms with Gasteiger partial charge in [0.2, 0.25) is 0 Å². The quantitative estimate of drug-likeness (QED) is 0.775. The molecule has 3 rings (SSSR count). The molecule has 1 amide bonds. The van der Waals surface area contributed by atoms with Crippen LogP contribution in [-0.2, 0) is 17.9 Å². The van der Waals surface area contributed by atoms with Gasteiger partial charge in [-0.15, -0.1) is 0 Å². The van der Waals surface area contributed by atoms with Gasteiger partial charge in [-0.1, -0.05) is 36.4 Å². The molecule has 0 unspecified atom stereocenters. The normalized spacial score (nSPS) is 10.6. The first-order chi connectivity index (χ1) is 10.7. The van der Waals surface area contributed by atoms with Crippen molar-refractivity contribution in [3.05, 3.63) is 70.6 Å². The van der Waals surface area contributed by atoms with Crippen molar-refractivity contribution in [3.8, 4) is 0 Å². The van der Waals surface area contributed by atoms with E-state index in [0.717, 1.165) is 21.5 Å². The van der Waals surface area contributed by atoms with Gasteiger partial charge in [-0.3, -0.25) is 4.40 Å². The SMILES string of the molecule is O=C(NCc1nc2ccccn2c1Br)OCc1ccccc1. The average molecular weight is 360 g/mol. The molecule has 0 aliphatic rings. The van der Waals surface area contributed by atoms with Crippen LogP contribution in [0.3, 0.4) is 0 Å². The molecule has 0 aliphatic heterocycles. The zero-order chi connectivity index (χ0) is 15.4. The maximum atomic E-state index is 11.7. The van der Waals surface area contributed by atoms with Crippen LogP contribution in [0, 0.1) is 0 Å². The second-order valence-corrected chi connectivity index (χ2v) is 5.44. The fraction of sp³-hybridized carbons (Fsp3) is 0.125. The molecule has 2 heterocycles. The molecular formula is C16H14BrN3O2. The number of carbonyl (C=O) groups excluding carboxylic acids is 1. The Bertz CT molecular complexity index is 786. The number of imidazole rings is 1. The number of aromatic nitrogens is 2. The Kier molecular flexibility index (Phi) is 4.39. The molecule has 6 heteroatoms. The van der Waals surface area contributed by atoms with Crippen LogP contribution >= 0.6 is 15.9 Å². The van der Waals surface area contributed by atoms with Crippen LogP contribution in [0.15, 0.2) is 59.3 Å². The van der Waals surface area contributed by atoms with Crippen LogP contribution in [0.5, 0.6) is 0 Å². The smallest absolute Gasteiger partial charge is 0.407 e. The number of halogens is 1. The fourth-order valence-corrected chi connectivity index (χ4v) is 2.59. The van der Waals surface area contributed by atoms with Gasteiger partial charge in [-0.25, -0.2) is 9.78 Å². The van der Waals surface area contributed by atoms with Crippen molar-refractivity contribution >= 4 is 27.7 Å². The van der Waals surface area contributed by atoms with Crippen molar-refractivity contribution in [2.45, 2.75) is 13.2 Å². The standard InChI is InChI=1S/C16H14BrN3O2/c17-15-13(19-14-8-4-5-9-20(14)15)10-18-16(21)22-11-12-6-2-1-3-7-12/h1-9H,10-11H2,(H,18,21). The van der Waals surface area contributed by atoms with Gasteiger partial charge in [-0.2, -0.15) is 0 Å². The zero-order valence-electron chi connectivity index (χ0n) is 11.7. The third-order valence-corrected chi connectivity index (χ3v) is 3.99. The minimum Gasteiger partial charge on any atom is -0.445 e. The predicted octanol–water partition coefficient (Wildman–Crippen LogP) is 3.52. The lowest BCUT2D eigenvalue weighted by Crippen LogP contribution is -2.24. The van der Waals surface area contributed by atoms with Gasteiger partial charge >= 0.3 is 6.09 Å². The predicted molar refractivity (Wildman–Crippen MR) is 86.4 cm³/mol. The summed E-state index contributed by atoms with van der Waals surface area (Å²) >= 11 is 3.49. The number of alkyl carbamates (subject to hydrolysis) is 1. The summed E-state index contributed by atoms with van der Waals surface area (Å²) in [6, 6.07) is 15.3. The minimum absolute atomic E-state index is 0.249. The highest BCUT2D eigenvalue weighted by molar-refractivity contribution is 9.10. The molecule has 22 heavy (non-hydrogen) atoms. The number of pyridine rings is 1. The van der Waals surface area contributed by atoms with Crippen LogP contribution in [0.1, 0.15) is 11.3 Å². The molecule has 0 spiro atoms. The number of ether oxygens (including phenoxy) is 1. The lowest BCUT2D eigenvalue weighted by Gasteiger charge is -2.06. The lowest BCUT2D eigenvalue weighted by atomic mass is 10.2. The van der Waals surface area contributed by atoms with Gasteiger partial charge in [-0.05, 0) is 33.6 Å². The summed E-state index contributed by atoms with van der Waals surface area (Å²) in [7, 11) is 0. The van der Waals surface area contributed by atoms with Crippen LogP contribution < -0.4 is 5.32 Å². The van der Waals surface area contributed by atoms with Gasteiger partial charge in [0.25, 0.3) is 0 Å². The molecule has 1 N–H and O–H groups in total. The van der Waals surface area contributed by atoms with Crippen LogP contribution in [0.4, 0.5) is 4.79 Å². The number of fused-ring (bicyclic) bond motifs is 1. The average Bonchev–Trinajstić information content (AvgIpc) is 2.88. The Hall–Kier alpha value is -2.34. The van der Waals surface area contributed by atoms with Crippen molar-refractivity contribution in [3.63, 3.8) is 0 Å². The summed E-state index contributed by atoms with van der Waals surface area (Å²) in [4.78, 5) is 16.2. The summed E-state index contributed by atoms with van der Waals surface area (Å²) in [6.45, 7) is 0.550. The third kappa shape index (κ3) is 3.28.